The van der Waals surface area contributed by atoms with Gasteiger partial charge in [0.15, 0.2) is 0 Å². The second-order valence-electron chi connectivity index (χ2n) is 8.62. The van der Waals surface area contributed by atoms with Crippen molar-refractivity contribution < 1.29 is 4.74 Å². The van der Waals surface area contributed by atoms with Crippen LogP contribution in [0.3, 0.4) is 0 Å². The SMILES string of the molecule is Nc1ccc(Oc2ccc(C34CC5CC(CC(C5)C3)C4)cc2)c(N)c1. The maximum Gasteiger partial charge on any atom is 0.150 e. The van der Waals surface area contributed by atoms with Gasteiger partial charge in [-0.3, -0.25) is 0 Å². The van der Waals surface area contributed by atoms with Crippen LogP contribution in [0.1, 0.15) is 44.1 Å². The average molecular weight is 334 g/mol. The van der Waals surface area contributed by atoms with Crippen LogP contribution in [0.25, 0.3) is 0 Å². The maximum atomic E-state index is 6.00. The molecule has 4 aliphatic carbocycles. The third-order valence-electron chi connectivity index (χ3n) is 6.77. The molecule has 4 saturated carbocycles. The summed E-state index contributed by atoms with van der Waals surface area (Å²) in [6, 6.07) is 14.2. The Morgan fingerprint density at radius 2 is 1.40 bits per heavy atom. The second-order valence-corrected chi connectivity index (χ2v) is 8.62. The molecule has 0 amide bonds. The Kier molecular flexibility index (Phi) is 3.28. The van der Waals surface area contributed by atoms with Crippen molar-refractivity contribution in [2.75, 3.05) is 11.5 Å². The Balaban J connectivity index is 1.38. The number of nitrogen functional groups attached to an aromatic ring is 2. The van der Waals surface area contributed by atoms with Crippen LogP contribution in [0.5, 0.6) is 11.5 Å². The van der Waals surface area contributed by atoms with Crippen molar-refractivity contribution in [2.24, 2.45) is 17.8 Å². The highest BCUT2D eigenvalue weighted by Crippen LogP contribution is 2.60. The molecule has 4 bridgehead atoms. The molecule has 25 heavy (non-hydrogen) atoms. The lowest BCUT2D eigenvalue weighted by atomic mass is 9.48. The fourth-order valence-corrected chi connectivity index (χ4v) is 6.13. The van der Waals surface area contributed by atoms with Crippen molar-refractivity contribution in [1.82, 2.24) is 0 Å². The first-order chi connectivity index (χ1) is 12.1. The number of rotatable bonds is 3. The molecule has 0 spiro atoms. The number of anilines is 2. The van der Waals surface area contributed by atoms with E-state index in [1.807, 2.05) is 12.1 Å². The third-order valence-corrected chi connectivity index (χ3v) is 6.77. The van der Waals surface area contributed by atoms with Gasteiger partial charge in [0.2, 0.25) is 0 Å². The number of benzene rings is 2. The monoisotopic (exact) mass is 334 g/mol. The van der Waals surface area contributed by atoms with Crippen LogP contribution in [0, 0.1) is 17.8 Å². The van der Waals surface area contributed by atoms with E-state index in [0.717, 1.165) is 23.5 Å². The highest BCUT2D eigenvalue weighted by atomic mass is 16.5. The summed E-state index contributed by atoms with van der Waals surface area (Å²) in [5, 5.41) is 0. The van der Waals surface area contributed by atoms with Gasteiger partial charge in [-0.25, -0.2) is 0 Å². The van der Waals surface area contributed by atoms with Crippen molar-refractivity contribution in [3.63, 3.8) is 0 Å². The number of ether oxygens (including phenoxy) is 1. The molecule has 4 fully saturated rings. The lowest BCUT2D eigenvalue weighted by Crippen LogP contribution is -2.48. The first kappa shape index (κ1) is 15.1. The van der Waals surface area contributed by atoms with Gasteiger partial charge in [-0.2, -0.15) is 0 Å². The first-order valence-electron chi connectivity index (χ1n) is 9.53. The third kappa shape index (κ3) is 2.57. The Morgan fingerprint density at radius 3 is 1.96 bits per heavy atom. The largest absolute Gasteiger partial charge is 0.455 e. The van der Waals surface area contributed by atoms with E-state index in [0.29, 0.717) is 22.5 Å². The van der Waals surface area contributed by atoms with Gasteiger partial charge in [0, 0.05) is 5.69 Å². The van der Waals surface area contributed by atoms with Gasteiger partial charge in [-0.15, -0.1) is 0 Å². The van der Waals surface area contributed by atoms with Gasteiger partial charge in [0.1, 0.15) is 11.5 Å². The smallest absolute Gasteiger partial charge is 0.150 e. The summed E-state index contributed by atoms with van der Waals surface area (Å²) < 4.78 is 5.96. The van der Waals surface area contributed by atoms with Gasteiger partial charge in [-0.05, 0) is 97.6 Å². The number of nitrogens with two attached hydrogens (primary N) is 2. The molecule has 2 aromatic carbocycles. The van der Waals surface area contributed by atoms with E-state index < -0.39 is 0 Å². The topological polar surface area (TPSA) is 61.3 Å². The van der Waals surface area contributed by atoms with Crippen LogP contribution in [-0.2, 0) is 5.41 Å². The predicted octanol–water partition coefficient (Wildman–Crippen LogP) is 5.11. The molecule has 0 aliphatic heterocycles. The Hall–Kier alpha value is -2.16. The molecular formula is C22H26N2O. The van der Waals surface area contributed by atoms with E-state index in [2.05, 4.69) is 24.3 Å². The zero-order valence-electron chi connectivity index (χ0n) is 14.6. The fraction of sp³-hybridized carbons (Fsp3) is 0.455. The van der Waals surface area contributed by atoms with E-state index in [9.17, 15) is 0 Å². The second kappa shape index (κ2) is 5.42. The van der Waals surface area contributed by atoms with Crippen molar-refractivity contribution in [3.8, 4) is 11.5 Å². The molecule has 4 aliphatic rings. The fourth-order valence-electron chi connectivity index (χ4n) is 6.13. The maximum absolute atomic E-state index is 6.00. The summed E-state index contributed by atoms with van der Waals surface area (Å²) in [5.74, 6) is 4.41. The summed E-state index contributed by atoms with van der Waals surface area (Å²) in [7, 11) is 0. The molecule has 6 rings (SSSR count). The highest BCUT2D eigenvalue weighted by molar-refractivity contribution is 5.61. The first-order valence-corrected chi connectivity index (χ1v) is 9.53. The van der Waals surface area contributed by atoms with Crippen molar-refractivity contribution >= 4 is 11.4 Å². The molecule has 0 heterocycles. The summed E-state index contributed by atoms with van der Waals surface area (Å²) in [4.78, 5) is 0. The van der Waals surface area contributed by atoms with Crippen LogP contribution >= 0.6 is 0 Å². The number of hydrogen-bond acceptors (Lipinski definition) is 3. The van der Waals surface area contributed by atoms with Crippen molar-refractivity contribution in [1.29, 1.82) is 0 Å². The summed E-state index contributed by atoms with van der Waals surface area (Å²) in [6.07, 6.45) is 8.63. The van der Waals surface area contributed by atoms with E-state index >= 15 is 0 Å². The predicted molar refractivity (Wildman–Crippen MR) is 102 cm³/mol. The molecule has 130 valence electrons. The summed E-state index contributed by atoms with van der Waals surface area (Å²) in [5.41, 5.74) is 14.9. The number of hydrogen-bond donors (Lipinski definition) is 2. The lowest BCUT2D eigenvalue weighted by molar-refractivity contribution is -0.00519. The van der Waals surface area contributed by atoms with Gasteiger partial charge < -0.3 is 16.2 Å². The molecular weight excluding hydrogens is 308 g/mol. The minimum absolute atomic E-state index is 0.438. The zero-order chi connectivity index (χ0) is 17.0. The Morgan fingerprint density at radius 1 is 0.800 bits per heavy atom. The van der Waals surface area contributed by atoms with Gasteiger partial charge in [0.05, 0.1) is 5.69 Å². The molecule has 0 aromatic heterocycles. The van der Waals surface area contributed by atoms with E-state index in [1.165, 1.54) is 44.1 Å². The molecule has 0 unspecified atom stereocenters. The molecule has 4 N–H and O–H groups in total. The van der Waals surface area contributed by atoms with E-state index in [1.54, 1.807) is 6.07 Å². The molecule has 0 radical (unpaired) electrons. The quantitative estimate of drug-likeness (QED) is 0.767. The van der Waals surface area contributed by atoms with Gasteiger partial charge >= 0.3 is 0 Å². The van der Waals surface area contributed by atoms with Crippen molar-refractivity contribution in [2.45, 2.75) is 43.9 Å². The lowest BCUT2D eigenvalue weighted by Gasteiger charge is -2.57. The Labute approximate surface area is 149 Å². The summed E-state index contributed by atoms with van der Waals surface area (Å²) in [6.45, 7) is 0. The highest BCUT2D eigenvalue weighted by Gasteiger charge is 2.51. The molecule has 0 saturated heterocycles. The zero-order valence-corrected chi connectivity index (χ0v) is 14.6. The van der Waals surface area contributed by atoms with Crippen molar-refractivity contribution in [3.05, 3.63) is 48.0 Å². The normalized spacial score (nSPS) is 32.7. The molecule has 3 nitrogen and oxygen atoms in total. The van der Waals surface area contributed by atoms with Crippen LogP contribution < -0.4 is 16.2 Å². The average Bonchev–Trinajstić information content (AvgIpc) is 2.57. The van der Waals surface area contributed by atoms with Crippen LogP contribution in [0.15, 0.2) is 42.5 Å². The minimum atomic E-state index is 0.438. The van der Waals surface area contributed by atoms with Crippen LogP contribution in [0.4, 0.5) is 11.4 Å². The standard InChI is InChI=1S/C22H26N2O/c23-18-3-6-21(20(24)10-18)25-19-4-1-17(2-5-19)22-11-14-7-15(12-22)9-16(8-14)13-22/h1-6,10,14-16H,7-9,11-13,23-24H2. The Bertz CT molecular complexity index is 761. The van der Waals surface area contributed by atoms with Gasteiger partial charge in [-0.1, -0.05) is 12.1 Å². The van der Waals surface area contributed by atoms with E-state index in [4.69, 9.17) is 16.2 Å². The van der Waals surface area contributed by atoms with Gasteiger partial charge in [0.25, 0.3) is 0 Å². The molecule has 3 heteroatoms. The molecule has 0 atom stereocenters. The summed E-state index contributed by atoms with van der Waals surface area (Å²) >= 11 is 0. The van der Waals surface area contributed by atoms with E-state index in [-0.39, 0.29) is 0 Å². The molecule has 2 aromatic rings. The van der Waals surface area contributed by atoms with Crippen LogP contribution in [0.2, 0.25) is 0 Å². The van der Waals surface area contributed by atoms with Crippen LogP contribution in [-0.4, -0.2) is 0 Å². The minimum Gasteiger partial charge on any atom is -0.455 e.